The summed E-state index contributed by atoms with van der Waals surface area (Å²) in [5, 5.41) is 3.49. The fraction of sp³-hybridized carbons (Fsp3) is 0.632. The number of methoxy groups -OCH3 is 1. The third-order valence-electron chi connectivity index (χ3n) is 5.85. The van der Waals surface area contributed by atoms with Crippen molar-refractivity contribution in [3.05, 3.63) is 23.8 Å². The summed E-state index contributed by atoms with van der Waals surface area (Å²) in [6.07, 6.45) is 3.00. The van der Waals surface area contributed by atoms with Gasteiger partial charge in [-0.1, -0.05) is 0 Å². The molecule has 0 aromatic heterocycles. The lowest BCUT2D eigenvalue weighted by molar-refractivity contribution is -0.136. The number of carbonyl (C=O) groups is 1. The first-order valence-corrected chi connectivity index (χ1v) is 9.04. The van der Waals surface area contributed by atoms with Crippen molar-refractivity contribution in [2.75, 3.05) is 39.9 Å². The van der Waals surface area contributed by atoms with E-state index in [9.17, 15) is 4.79 Å². The van der Waals surface area contributed by atoms with Gasteiger partial charge in [0.2, 0.25) is 5.91 Å². The number of nitrogens with one attached hydrogen (secondary N) is 1. The van der Waals surface area contributed by atoms with Gasteiger partial charge >= 0.3 is 0 Å². The van der Waals surface area contributed by atoms with Gasteiger partial charge in [-0.2, -0.15) is 0 Å². The van der Waals surface area contributed by atoms with Gasteiger partial charge in [-0.25, -0.2) is 0 Å². The van der Waals surface area contributed by atoms with Gasteiger partial charge in [0.1, 0.15) is 18.1 Å². The molecule has 2 fully saturated rings. The Labute approximate surface area is 143 Å². The molecule has 2 saturated heterocycles. The molecule has 5 nitrogen and oxygen atoms in total. The third kappa shape index (κ3) is 2.97. The number of nitrogens with zero attached hydrogens (tertiary/aromatic N) is 1. The quantitative estimate of drug-likeness (QED) is 0.897. The van der Waals surface area contributed by atoms with Crippen molar-refractivity contribution in [3.63, 3.8) is 0 Å². The molecule has 0 radical (unpaired) electrons. The number of amides is 1. The molecule has 1 N–H and O–H groups in total. The Balaban J connectivity index is 1.43. The molecule has 0 saturated carbocycles. The SMILES string of the molecule is COc1ccc2c(c1)CC(C(=O)N1CC[C@@H]3CNC[C@@H]3CC1)CO2. The Hall–Kier alpha value is -1.75. The summed E-state index contributed by atoms with van der Waals surface area (Å²) in [5.41, 5.74) is 1.08. The van der Waals surface area contributed by atoms with Gasteiger partial charge in [0, 0.05) is 13.1 Å². The molecule has 0 aliphatic carbocycles. The van der Waals surface area contributed by atoms with Crippen LogP contribution in [0.5, 0.6) is 11.5 Å². The normalized spacial score (nSPS) is 29.2. The molecule has 3 aliphatic rings. The zero-order valence-electron chi connectivity index (χ0n) is 14.3. The molecule has 1 unspecified atom stereocenters. The predicted molar refractivity (Wildman–Crippen MR) is 91.3 cm³/mol. The smallest absolute Gasteiger partial charge is 0.229 e. The monoisotopic (exact) mass is 330 g/mol. The van der Waals surface area contributed by atoms with Crippen LogP contribution in [-0.4, -0.2) is 50.7 Å². The van der Waals surface area contributed by atoms with Gasteiger partial charge in [0.25, 0.3) is 0 Å². The summed E-state index contributed by atoms with van der Waals surface area (Å²) in [6, 6.07) is 5.84. The molecule has 1 aromatic rings. The summed E-state index contributed by atoms with van der Waals surface area (Å²) < 4.78 is 11.1. The van der Waals surface area contributed by atoms with E-state index in [0.717, 1.165) is 74.3 Å². The van der Waals surface area contributed by atoms with Crippen molar-refractivity contribution in [2.24, 2.45) is 17.8 Å². The highest BCUT2D eigenvalue weighted by molar-refractivity contribution is 5.80. The lowest BCUT2D eigenvalue weighted by Gasteiger charge is -2.30. The Morgan fingerprint density at radius 3 is 2.71 bits per heavy atom. The fourth-order valence-corrected chi connectivity index (χ4v) is 4.35. The van der Waals surface area contributed by atoms with E-state index in [1.54, 1.807) is 7.11 Å². The van der Waals surface area contributed by atoms with Crippen LogP contribution in [-0.2, 0) is 11.2 Å². The molecule has 24 heavy (non-hydrogen) atoms. The first-order chi connectivity index (χ1) is 11.7. The van der Waals surface area contributed by atoms with Crippen LogP contribution in [0.4, 0.5) is 0 Å². The summed E-state index contributed by atoms with van der Waals surface area (Å²) in [6.45, 7) is 4.51. The average molecular weight is 330 g/mol. The van der Waals surface area contributed by atoms with Gasteiger partial charge in [-0.05, 0) is 68.0 Å². The molecular weight excluding hydrogens is 304 g/mol. The van der Waals surface area contributed by atoms with Crippen molar-refractivity contribution in [1.29, 1.82) is 0 Å². The molecule has 0 spiro atoms. The highest BCUT2D eigenvalue weighted by Gasteiger charge is 2.34. The number of carbonyl (C=O) groups excluding carboxylic acids is 1. The fourth-order valence-electron chi connectivity index (χ4n) is 4.35. The average Bonchev–Trinajstić information content (AvgIpc) is 2.98. The van der Waals surface area contributed by atoms with Crippen LogP contribution in [0.3, 0.4) is 0 Å². The van der Waals surface area contributed by atoms with E-state index in [2.05, 4.69) is 10.2 Å². The lowest BCUT2D eigenvalue weighted by Crippen LogP contribution is -2.41. The molecule has 3 heterocycles. The minimum Gasteiger partial charge on any atom is -0.497 e. The second kappa shape index (κ2) is 6.63. The summed E-state index contributed by atoms with van der Waals surface area (Å²) in [5.74, 6) is 3.39. The number of likely N-dealkylation sites (tertiary alicyclic amines) is 1. The zero-order chi connectivity index (χ0) is 16.5. The van der Waals surface area contributed by atoms with Crippen molar-refractivity contribution in [1.82, 2.24) is 10.2 Å². The summed E-state index contributed by atoms with van der Waals surface area (Å²) in [4.78, 5) is 15.1. The highest BCUT2D eigenvalue weighted by Crippen LogP contribution is 2.32. The lowest BCUT2D eigenvalue weighted by atomic mass is 9.92. The Morgan fingerprint density at radius 1 is 1.25 bits per heavy atom. The largest absolute Gasteiger partial charge is 0.497 e. The van der Waals surface area contributed by atoms with Crippen LogP contribution < -0.4 is 14.8 Å². The maximum Gasteiger partial charge on any atom is 0.229 e. The van der Waals surface area contributed by atoms with Gasteiger partial charge in [0.15, 0.2) is 0 Å². The molecule has 0 bridgehead atoms. The maximum absolute atomic E-state index is 13.0. The number of hydrogen-bond donors (Lipinski definition) is 1. The highest BCUT2D eigenvalue weighted by atomic mass is 16.5. The van der Waals surface area contributed by atoms with Crippen molar-refractivity contribution in [2.45, 2.75) is 19.3 Å². The molecule has 4 rings (SSSR count). The topological polar surface area (TPSA) is 50.8 Å². The van der Waals surface area contributed by atoms with E-state index in [4.69, 9.17) is 9.47 Å². The number of hydrogen-bond acceptors (Lipinski definition) is 4. The first kappa shape index (κ1) is 15.8. The van der Waals surface area contributed by atoms with Crippen LogP contribution in [0.2, 0.25) is 0 Å². The summed E-state index contributed by atoms with van der Waals surface area (Å²) >= 11 is 0. The number of rotatable bonds is 2. The molecule has 3 atom stereocenters. The Bertz CT molecular complexity index is 605. The van der Waals surface area contributed by atoms with Crippen LogP contribution in [0.25, 0.3) is 0 Å². The molecule has 5 heteroatoms. The van der Waals surface area contributed by atoms with Gasteiger partial charge < -0.3 is 19.7 Å². The van der Waals surface area contributed by atoms with Crippen LogP contribution in [0, 0.1) is 17.8 Å². The Kier molecular flexibility index (Phi) is 4.35. The van der Waals surface area contributed by atoms with Crippen LogP contribution in [0.15, 0.2) is 18.2 Å². The molecule has 3 aliphatic heterocycles. The number of benzene rings is 1. The van der Waals surface area contributed by atoms with E-state index >= 15 is 0 Å². The van der Waals surface area contributed by atoms with Crippen molar-refractivity contribution < 1.29 is 14.3 Å². The van der Waals surface area contributed by atoms with Gasteiger partial charge in [-0.15, -0.1) is 0 Å². The van der Waals surface area contributed by atoms with Crippen LogP contribution >= 0.6 is 0 Å². The molecule has 130 valence electrons. The van der Waals surface area contributed by atoms with Gasteiger partial charge in [-0.3, -0.25) is 4.79 Å². The molecule has 1 aromatic carbocycles. The van der Waals surface area contributed by atoms with E-state index in [1.807, 2.05) is 18.2 Å². The van der Waals surface area contributed by atoms with E-state index in [0.29, 0.717) is 6.61 Å². The minimum atomic E-state index is -0.0688. The zero-order valence-corrected chi connectivity index (χ0v) is 14.3. The first-order valence-electron chi connectivity index (χ1n) is 9.04. The van der Waals surface area contributed by atoms with Gasteiger partial charge in [0.05, 0.1) is 13.0 Å². The standard InChI is InChI=1S/C19H26N2O3/c1-23-17-2-3-18-15(9-17)8-16(12-24-18)19(22)21-6-4-13-10-20-11-14(13)5-7-21/h2-3,9,13-14,16,20H,4-8,10-12H2,1H3/t13-,14+,16?. The predicted octanol–water partition coefficient (Wildman–Crippen LogP) is 1.70. The summed E-state index contributed by atoms with van der Waals surface area (Å²) in [7, 11) is 1.66. The third-order valence-corrected chi connectivity index (χ3v) is 5.85. The van der Waals surface area contributed by atoms with Crippen molar-refractivity contribution >= 4 is 5.91 Å². The number of ether oxygens (including phenoxy) is 2. The van der Waals surface area contributed by atoms with Crippen molar-refractivity contribution in [3.8, 4) is 11.5 Å². The molecular formula is C19H26N2O3. The van der Waals surface area contributed by atoms with Crippen LogP contribution in [0.1, 0.15) is 18.4 Å². The minimum absolute atomic E-state index is 0.0688. The molecule has 1 amide bonds. The number of fused-ring (bicyclic) bond motifs is 2. The Morgan fingerprint density at radius 2 is 2.00 bits per heavy atom. The second-order valence-electron chi connectivity index (χ2n) is 7.27. The maximum atomic E-state index is 13.0. The van der Waals surface area contributed by atoms with E-state index in [-0.39, 0.29) is 11.8 Å². The van der Waals surface area contributed by atoms with E-state index < -0.39 is 0 Å². The second-order valence-corrected chi connectivity index (χ2v) is 7.27. The van der Waals surface area contributed by atoms with E-state index in [1.165, 1.54) is 0 Å².